The monoisotopic (exact) mass is 292 g/mol. The van der Waals surface area contributed by atoms with Crippen LogP contribution in [0.1, 0.15) is 39.5 Å². The Morgan fingerprint density at radius 1 is 0.950 bits per heavy atom. The van der Waals surface area contributed by atoms with Crippen LogP contribution >= 0.6 is 0 Å². The summed E-state index contributed by atoms with van der Waals surface area (Å²) >= 11 is 0. The Morgan fingerprint density at radius 3 is 2.00 bits per heavy atom. The van der Waals surface area contributed by atoms with E-state index in [1.54, 1.807) is 0 Å². The fraction of sp³-hybridized carbons (Fsp3) is 1.00. The van der Waals surface area contributed by atoms with E-state index in [1.165, 1.54) is 0 Å². The maximum atomic E-state index is 10.2. The van der Waals surface area contributed by atoms with Crippen LogP contribution < -0.4 is 0 Å². The summed E-state index contributed by atoms with van der Waals surface area (Å²) in [5, 5.41) is 29.3. The molecule has 1 aliphatic rings. The minimum Gasteiger partial charge on any atom is -0.394 e. The SMILES string of the molecule is CCCCOC1C(O)[C@H](CO)O[C@H](O)[C@@H]1OCCCC. The topological polar surface area (TPSA) is 88.4 Å². The van der Waals surface area contributed by atoms with E-state index in [2.05, 4.69) is 0 Å². The van der Waals surface area contributed by atoms with E-state index in [4.69, 9.17) is 14.2 Å². The van der Waals surface area contributed by atoms with Gasteiger partial charge in [-0.2, -0.15) is 0 Å². The van der Waals surface area contributed by atoms with E-state index >= 15 is 0 Å². The standard InChI is InChI=1S/C14H28O6/c1-3-5-7-18-12-11(16)10(9-15)20-14(17)13(12)19-8-6-4-2/h10-17H,3-9H2,1-2H3/t10-,11?,12?,13+,14-/m0/s1. The molecule has 0 aromatic heterocycles. The molecule has 0 saturated carbocycles. The van der Waals surface area contributed by atoms with Crippen LogP contribution in [0.25, 0.3) is 0 Å². The highest BCUT2D eigenvalue weighted by molar-refractivity contribution is 4.90. The molecule has 1 fully saturated rings. The number of hydrogen-bond acceptors (Lipinski definition) is 6. The molecule has 0 spiro atoms. The van der Waals surface area contributed by atoms with Crippen LogP contribution in [0.2, 0.25) is 0 Å². The normalized spacial score (nSPS) is 34.4. The third-order valence-corrected chi connectivity index (χ3v) is 3.43. The first-order valence-electron chi connectivity index (χ1n) is 7.51. The quantitative estimate of drug-likeness (QED) is 0.534. The van der Waals surface area contributed by atoms with Gasteiger partial charge in [0, 0.05) is 13.2 Å². The highest BCUT2D eigenvalue weighted by Gasteiger charge is 2.45. The maximum absolute atomic E-state index is 10.2. The number of rotatable bonds is 9. The summed E-state index contributed by atoms with van der Waals surface area (Å²) in [6, 6.07) is 0. The lowest BCUT2D eigenvalue weighted by atomic mass is 9.98. The van der Waals surface area contributed by atoms with Gasteiger partial charge >= 0.3 is 0 Å². The lowest BCUT2D eigenvalue weighted by molar-refractivity contribution is -0.303. The van der Waals surface area contributed by atoms with E-state index in [0.717, 1.165) is 25.7 Å². The lowest BCUT2D eigenvalue weighted by Gasteiger charge is -2.42. The molecule has 6 nitrogen and oxygen atoms in total. The third kappa shape index (κ3) is 4.95. The molecule has 2 unspecified atom stereocenters. The second-order valence-corrected chi connectivity index (χ2v) is 5.12. The summed E-state index contributed by atoms with van der Waals surface area (Å²) in [5.74, 6) is 0. The van der Waals surface area contributed by atoms with Gasteiger partial charge in [-0.1, -0.05) is 26.7 Å². The summed E-state index contributed by atoms with van der Waals surface area (Å²) < 4.78 is 16.4. The van der Waals surface area contributed by atoms with Crippen molar-refractivity contribution in [3.05, 3.63) is 0 Å². The van der Waals surface area contributed by atoms with E-state index in [-0.39, 0.29) is 6.61 Å². The van der Waals surface area contributed by atoms with E-state index < -0.39 is 30.7 Å². The number of aliphatic hydroxyl groups excluding tert-OH is 3. The zero-order valence-corrected chi connectivity index (χ0v) is 12.4. The number of aliphatic hydroxyl groups is 3. The Bertz CT molecular complexity index is 250. The van der Waals surface area contributed by atoms with Gasteiger partial charge in [-0.15, -0.1) is 0 Å². The molecular formula is C14H28O6. The van der Waals surface area contributed by atoms with Crippen molar-refractivity contribution >= 4 is 0 Å². The van der Waals surface area contributed by atoms with Gasteiger partial charge in [-0.3, -0.25) is 0 Å². The van der Waals surface area contributed by atoms with Crippen molar-refractivity contribution in [3.8, 4) is 0 Å². The highest BCUT2D eigenvalue weighted by Crippen LogP contribution is 2.25. The predicted octanol–water partition coefficient (Wildman–Crippen LogP) is 0.427. The molecule has 120 valence electrons. The smallest absolute Gasteiger partial charge is 0.184 e. The van der Waals surface area contributed by atoms with Crippen molar-refractivity contribution in [3.63, 3.8) is 0 Å². The average Bonchev–Trinajstić information content (AvgIpc) is 2.45. The molecular weight excluding hydrogens is 264 g/mol. The predicted molar refractivity (Wildman–Crippen MR) is 73.3 cm³/mol. The Hall–Kier alpha value is -0.240. The van der Waals surface area contributed by atoms with Crippen molar-refractivity contribution in [1.82, 2.24) is 0 Å². The largest absolute Gasteiger partial charge is 0.394 e. The van der Waals surface area contributed by atoms with Crippen molar-refractivity contribution in [2.24, 2.45) is 0 Å². The molecule has 1 aliphatic heterocycles. The van der Waals surface area contributed by atoms with E-state index in [9.17, 15) is 15.3 Å². The first-order valence-corrected chi connectivity index (χ1v) is 7.51. The second kappa shape index (κ2) is 9.65. The van der Waals surface area contributed by atoms with Crippen molar-refractivity contribution < 1.29 is 29.5 Å². The Morgan fingerprint density at radius 2 is 1.50 bits per heavy atom. The molecule has 1 rings (SSSR count). The van der Waals surface area contributed by atoms with Crippen molar-refractivity contribution in [2.75, 3.05) is 19.8 Å². The molecule has 1 heterocycles. The van der Waals surface area contributed by atoms with Crippen LogP contribution in [0.15, 0.2) is 0 Å². The molecule has 0 radical (unpaired) electrons. The molecule has 0 aromatic carbocycles. The van der Waals surface area contributed by atoms with Gasteiger partial charge in [0.2, 0.25) is 0 Å². The molecule has 0 amide bonds. The Labute approximate surface area is 120 Å². The van der Waals surface area contributed by atoms with Gasteiger partial charge in [0.05, 0.1) is 6.61 Å². The van der Waals surface area contributed by atoms with Gasteiger partial charge in [-0.05, 0) is 12.8 Å². The van der Waals surface area contributed by atoms with Crippen LogP contribution in [0.3, 0.4) is 0 Å². The van der Waals surface area contributed by atoms with Crippen molar-refractivity contribution in [1.29, 1.82) is 0 Å². The molecule has 3 N–H and O–H groups in total. The van der Waals surface area contributed by atoms with Crippen LogP contribution in [0.5, 0.6) is 0 Å². The zero-order chi connectivity index (χ0) is 15.0. The molecule has 20 heavy (non-hydrogen) atoms. The van der Waals surface area contributed by atoms with Gasteiger partial charge in [0.15, 0.2) is 6.29 Å². The fourth-order valence-corrected chi connectivity index (χ4v) is 2.15. The molecule has 5 atom stereocenters. The van der Waals surface area contributed by atoms with Gasteiger partial charge in [0.1, 0.15) is 24.4 Å². The van der Waals surface area contributed by atoms with Crippen LogP contribution in [-0.2, 0) is 14.2 Å². The van der Waals surface area contributed by atoms with Crippen LogP contribution in [0.4, 0.5) is 0 Å². The van der Waals surface area contributed by atoms with Gasteiger partial charge < -0.3 is 29.5 Å². The molecule has 6 heteroatoms. The highest BCUT2D eigenvalue weighted by atomic mass is 16.7. The molecule has 1 saturated heterocycles. The second-order valence-electron chi connectivity index (χ2n) is 5.12. The molecule has 0 aliphatic carbocycles. The summed E-state index contributed by atoms with van der Waals surface area (Å²) in [6.45, 7) is 4.68. The summed E-state index contributed by atoms with van der Waals surface area (Å²) in [6.07, 6.45) is -0.765. The first kappa shape index (κ1) is 17.8. The minimum absolute atomic E-state index is 0.368. The third-order valence-electron chi connectivity index (χ3n) is 3.43. The Kier molecular flexibility index (Phi) is 8.60. The number of hydrogen-bond donors (Lipinski definition) is 3. The molecule has 0 bridgehead atoms. The summed E-state index contributed by atoms with van der Waals surface area (Å²) in [4.78, 5) is 0. The maximum Gasteiger partial charge on any atom is 0.184 e. The zero-order valence-electron chi connectivity index (χ0n) is 12.4. The number of ether oxygens (including phenoxy) is 3. The number of unbranched alkanes of at least 4 members (excludes halogenated alkanes) is 2. The van der Waals surface area contributed by atoms with E-state index in [1.807, 2.05) is 13.8 Å². The van der Waals surface area contributed by atoms with E-state index in [0.29, 0.717) is 13.2 Å². The van der Waals surface area contributed by atoms with Crippen LogP contribution in [0, 0.1) is 0 Å². The average molecular weight is 292 g/mol. The summed E-state index contributed by atoms with van der Waals surface area (Å²) in [5.41, 5.74) is 0. The summed E-state index contributed by atoms with van der Waals surface area (Å²) in [7, 11) is 0. The van der Waals surface area contributed by atoms with Crippen molar-refractivity contribution in [2.45, 2.75) is 70.2 Å². The minimum atomic E-state index is -1.20. The van der Waals surface area contributed by atoms with Gasteiger partial charge in [0.25, 0.3) is 0 Å². The van der Waals surface area contributed by atoms with Gasteiger partial charge in [-0.25, -0.2) is 0 Å². The lowest BCUT2D eigenvalue weighted by Crippen LogP contribution is -2.60. The first-order chi connectivity index (χ1) is 9.65. The fourth-order valence-electron chi connectivity index (χ4n) is 2.15. The Balaban J connectivity index is 2.63. The van der Waals surface area contributed by atoms with Crippen LogP contribution in [-0.4, -0.2) is 65.8 Å². The molecule has 0 aromatic rings.